The molecule has 0 bridgehead atoms. The van der Waals surface area contributed by atoms with Gasteiger partial charge in [0.15, 0.2) is 11.5 Å². The van der Waals surface area contributed by atoms with Crippen LogP contribution in [0.3, 0.4) is 0 Å². The van der Waals surface area contributed by atoms with Gasteiger partial charge < -0.3 is 19.3 Å². The van der Waals surface area contributed by atoms with Gasteiger partial charge in [-0.05, 0) is 92.4 Å². The molecule has 190 valence electrons. The van der Waals surface area contributed by atoms with Crippen molar-refractivity contribution >= 4 is 28.9 Å². The van der Waals surface area contributed by atoms with Crippen LogP contribution in [0.15, 0.2) is 60.7 Å². The van der Waals surface area contributed by atoms with E-state index >= 15 is 0 Å². The molecule has 0 radical (unpaired) electrons. The third-order valence-corrected chi connectivity index (χ3v) is 7.24. The van der Waals surface area contributed by atoms with Crippen LogP contribution in [0.1, 0.15) is 56.8 Å². The van der Waals surface area contributed by atoms with Crippen molar-refractivity contribution in [2.45, 2.75) is 58.7 Å². The number of fused-ring (bicyclic) bond motifs is 1. The molecule has 1 amide bonds. The summed E-state index contributed by atoms with van der Waals surface area (Å²) in [5, 5.41) is 0.657. The fraction of sp³-hybridized carbons (Fsp3) is 0.367. The minimum atomic E-state index is -0.322. The first-order chi connectivity index (χ1) is 17.2. The van der Waals surface area contributed by atoms with E-state index in [1.165, 1.54) is 0 Å². The molecule has 0 spiro atoms. The van der Waals surface area contributed by atoms with E-state index < -0.39 is 0 Å². The average molecular weight is 507 g/mol. The van der Waals surface area contributed by atoms with Gasteiger partial charge in [0, 0.05) is 29.5 Å². The van der Waals surface area contributed by atoms with Crippen molar-refractivity contribution in [1.82, 2.24) is 0 Å². The molecule has 2 atom stereocenters. The Hall–Kier alpha value is -3.18. The highest BCUT2D eigenvalue weighted by molar-refractivity contribution is 6.30. The normalized spacial score (nSPS) is 16.1. The smallest absolute Gasteiger partial charge is 0.232 e. The number of anilines is 2. The lowest BCUT2D eigenvalue weighted by molar-refractivity contribution is -0.118. The predicted octanol–water partition coefficient (Wildman–Crippen LogP) is 7.05. The monoisotopic (exact) mass is 506 g/mol. The summed E-state index contributed by atoms with van der Waals surface area (Å²) >= 11 is 6.22. The molecule has 1 aliphatic rings. The van der Waals surface area contributed by atoms with Crippen molar-refractivity contribution in [3.63, 3.8) is 0 Å². The van der Waals surface area contributed by atoms with E-state index in [4.69, 9.17) is 21.1 Å². The van der Waals surface area contributed by atoms with Gasteiger partial charge in [0.05, 0.1) is 25.7 Å². The molecule has 1 aliphatic heterocycles. The Morgan fingerprint density at radius 1 is 1.03 bits per heavy atom. The molecule has 6 heteroatoms. The predicted molar refractivity (Wildman–Crippen MR) is 148 cm³/mol. The molecular formula is C30H35ClN2O3. The topological polar surface area (TPSA) is 42.0 Å². The number of halogens is 1. The molecule has 3 aromatic carbocycles. The Labute approximate surface area is 219 Å². The number of carbonyl (C=O) groups excluding carboxylic acids is 1. The Kier molecular flexibility index (Phi) is 7.79. The van der Waals surface area contributed by atoms with Crippen molar-refractivity contribution < 1.29 is 14.3 Å². The van der Waals surface area contributed by atoms with Crippen LogP contribution < -0.4 is 19.3 Å². The summed E-state index contributed by atoms with van der Waals surface area (Å²) in [6.07, 6.45) is 1.20. The van der Waals surface area contributed by atoms with E-state index in [-0.39, 0.29) is 24.5 Å². The van der Waals surface area contributed by atoms with Crippen LogP contribution in [0.25, 0.3) is 0 Å². The van der Waals surface area contributed by atoms with Crippen molar-refractivity contribution in [2.24, 2.45) is 0 Å². The van der Waals surface area contributed by atoms with Gasteiger partial charge in [-0.1, -0.05) is 30.7 Å². The van der Waals surface area contributed by atoms with Crippen LogP contribution >= 0.6 is 11.6 Å². The SMILES string of the molecule is CCC(C)Oc1cc2c(cc1OC)CC(=O)N(c1ccc(N(C)C(C)C)cc1)C2c1ccc(Cl)cc1. The first-order valence-corrected chi connectivity index (χ1v) is 12.9. The minimum absolute atomic E-state index is 0.0325. The number of nitrogens with zero attached hydrogens (tertiary/aromatic N) is 2. The van der Waals surface area contributed by atoms with Crippen molar-refractivity contribution in [2.75, 3.05) is 24.0 Å². The maximum absolute atomic E-state index is 13.7. The maximum atomic E-state index is 13.7. The van der Waals surface area contributed by atoms with Gasteiger partial charge in [-0.15, -0.1) is 0 Å². The quantitative estimate of drug-likeness (QED) is 0.328. The summed E-state index contributed by atoms with van der Waals surface area (Å²) in [5.41, 5.74) is 4.92. The molecule has 0 saturated heterocycles. The second-order valence-electron chi connectivity index (χ2n) is 9.65. The molecule has 3 aromatic rings. The summed E-state index contributed by atoms with van der Waals surface area (Å²) in [5.74, 6) is 1.36. The Balaban J connectivity index is 1.85. The molecule has 0 saturated carbocycles. The number of hydrogen-bond acceptors (Lipinski definition) is 4. The Morgan fingerprint density at radius 2 is 1.69 bits per heavy atom. The number of ether oxygens (including phenoxy) is 2. The summed E-state index contributed by atoms with van der Waals surface area (Å²) in [7, 11) is 3.71. The Morgan fingerprint density at radius 3 is 2.28 bits per heavy atom. The number of benzene rings is 3. The van der Waals surface area contributed by atoms with Gasteiger partial charge in [-0.3, -0.25) is 4.79 Å². The lowest BCUT2D eigenvalue weighted by Gasteiger charge is -2.38. The molecule has 2 unspecified atom stereocenters. The largest absolute Gasteiger partial charge is 0.493 e. The van der Waals surface area contributed by atoms with E-state index in [1.54, 1.807) is 7.11 Å². The summed E-state index contributed by atoms with van der Waals surface area (Å²) in [6.45, 7) is 8.44. The minimum Gasteiger partial charge on any atom is -0.493 e. The zero-order chi connectivity index (χ0) is 26.0. The van der Waals surface area contributed by atoms with E-state index in [2.05, 4.69) is 44.9 Å². The zero-order valence-electron chi connectivity index (χ0n) is 21.9. The molecule has 5 nitrogen and oxygen atoms in total. The van der Waals surface area contributed by atoms with Crippen LogP contribution in [0.4, 0.5) is 11.4 Å². The highest BCUT2D eigenvalue weighted by Crippen LogP contribution is 2.44. The Bertz CT molecular complexity index is 1210. The molecule has 0 N–H and O–H groups in total. The van der Waals surface area contributed by atoms with Crippen LogP contribution in [0.2, 0.25) is 5.02 Å². The molecule has 0 aromatic heterocycles. The van der Waals surface area contributed by atoms with Crippen molar-refractivity contribution in [1.29, 1.82) is 0 Å². The number of methoxy groups -OCH3 is 1. The van der Waals surface area contributed by atoms with Gasteiger partial charge in [0.1, 0.15) is 0 Å². The van der Waals surface area contributed by atoms with Crippen LogP contribution in [0, 0.1) is 0 Å². The average Bonchev–Trinajstić information content (AvgIpc) is 2.88. The summed E-state index contributed by atoms with van der Waals surface area (Å²) in [6, 6.07) is 20.0. The van der Waals surface area contributed by atoms with Crippen LogP contribution in [-0.4, -0.2) is 32.2 Å². The van der Waals surface area contributed by atoms with E-state index in [0.29, 0.717) is 22.6 Å². The van der Waals surface area contributed by atoms with Crippen LogP contribution in [-0.2, 0) is 11.2 Å². The third-order valence-electron chi connectivity index (χ3n) is 6.99. The van der Waals surface area contributed by atoms with E-state index in [9.17, 15) is 4.79 Å². The van der Waals surface area contributed by atoms with Gasteiger partial charge in [0.2, 0.25) is 5.91 Å². The molecular weight excluding hydrogens is 472 g/mol. The summed E-state index contributed by atoms with van der Waals surface area (Å²) < 4.78 is 11.9. The van der Waals surface area contributed by atoms with Gasteiger partial charge in [0.25, 0.3) is 0 Å². The second kappa shape index (κ2) is 10.8. The van der Waals surface area contributed by atoms with Crippen molar-refractivity contribution in [3.8, 4) is 11.5 Å². The van der Waals surface area contributed by atoms with E-state index in [1.807, 2.05) is 60.4 Å². The zero-order valence-corrected chi connectivity index (χ0v) is 22.7. The maximum Gasteiger partial charge on any atom is 0.232 e. The van der Waals surface area contributed by atoms with Crippen molar-refractivity contribution in [3.05, 3.63) is 82.4 Å². The molecule has 1 heterocycles. The molecule has 0 fully saturated rings. The molecule has 0 aliphatic carbocycles. The highest BCUT2D eigenvalue weighted by Gasteiger charge is 2.36. The lowest BCUT2D eigenvalue weighted by atomic mass is 9.86. The second-order valence-corrected chi connectivity index (χ2v) is 10.1. The number of carbonyl (C=O) groups is 1. The molecule has 4 rings (SSSR count). The first kappa shape index (κ1) is 25.9. The van der Waals surface area contributed by atoms with Crippen LogP contribution in [0.5, 0.6) is 11.5 Å². The summed E-state index contributed by atoms with van der Waals surface area (Å²) in [4.78, 5) is 17.8. The number of amides is 1. The lowest BCUT2D eigenvalue weighted by Crippen LogP contribution is -2.41. The standard InChI is InChI=1S/C30H35ClN2O3/c1-7-20(4)36-28-18-26-22(16-27(28)35-6)17-29(34)33(30(26)21-8-10-23(31)11-9-21)25-14-12-24(13-15-25)32(5)19(2)3/h8-16,18-20,30H,7,17H2,1-6H3. The van der Waals surface area contributed by atoms with Gasteiger partial charge >= 0.3 is 0 Å². The highest BCUT2D eigenvalue weighted by atomic mass is 35.5. The fourth-order valence-corrected chi connectivity index (χ4v) is 4.65. The number of rotatable bonds is 8. The number of hydrogen-bond donors (Lipinski definition) is 0. The fourth-order valence-electron chi connectivity index (χ4n) is 4.52. The third kappa shape index (κ3) is 5.17. The van der Waals surface area contributed by atoms with Gasteiger partial charge in [-0.25, -0.2) is 0 Å². The van der Waals surface area contributed by atoms with Gasteiger partial charge in [-0.2, -0.15) is 0 Å². The van der Waals surface area contributed by atoms with E-state index in [0.717, 1.165) is 34.5 Å². The molecule has 36 heavy (non-hydrogen) atoms. The first-order valence-electron chi connectivity index (χ1n) is 12.5.